The monoisotopic (exact) mass is 562 g/mol. The van der Waals surface area contributed by atoms with Gasteiger partial charge in [0.05, 0.1) is 5.39 Å². The van der Waals surface area contributed by atoms with Crippen molar-refractivity contribution in [2.24, 2.45) is 5.92 Å². The number of nitrogens with zero attached hydrogens (tertiary/aromatic N) is 5. The van der Waals surface area contributed by atoms with Crippen molar-refractivity contribution in [2.45, 2.75) is 12.8 Å². The van der Waals surface area contributed by atoms with E-state index in [1.807, 2.05) is 0 Å². The maximum Gasteiger partial charge on any atom is 0.253 e. The summed E-state index contributed by atoms with van der Waals surface area (Å²) in [5, 5.41) is 4.62. The largest absolute Gasteiger partial charge is 0.451 e. The van der Waals surface area contributed by atoms with Gasteiger partial charge in [0.25, 0.3) is 5.91 Å². The normalized spacial score (nSPS) is 15.8. The number of amides is 1. The molecular weight excluding hydrogens is 542 g/mol. The van der Waals surface area contributed by atoms with E-state index in [1.165, 1.54) is 22.0 Å². The van der Waals surface area contributed by atoms with Crippen LogP contribution in [0, 0.1) is 35.0 Å². The highest BCUT2D eigenvalue weighted by Crippen LogP contribution is 2.36. The number of ether oxygens (including phenoxy) is 1. The summed E-state index contributed by atoms with van der Waals surface area (Å²) in [6.07, 6.45) is 6.00. The van der Waals surface area contributed by atoms with Crippen LogP contribution in [0.15, 0.2) is 36.7 Å². The number of nitrogens with two attached hydrogens (primary N) is 1. The van der Waals surface area contributed by atoms with E-state index in [0.29, 0.717) is 19.5 Å². The van der Waals surface area contributed by atoms with Crippen LogP contribution in [0.25, 0.3) is 28.5 Å². The summed E-state index contributed by atoms with van der Waals surface area (Å²) in [6, 6.07) is 3.09. The van der Waals surface area contributed by atoms with Crippen molar-refractivity contribution >= 4 is 29.0 Å². The molecule has 0 bridgehead atoms. The van der Waals surface area contributed by atoms with Gasteiger partial charge in [0.1, 0.15) is 29.4 Å². The molecule has 1 atom stereocenters. The molecule has 2 aromatic carbocycles. The first-order chi connectivity index (χ1) is 19.2. The molecule has 1 fully saturated rings. The number of alkyl halides is 1. The van der Waals surface area contributed by atoms with Gasteiger partial charge >= 0.3 is 0 Å². The second-order valence-electron chi connectivity index (χ2n) is 9.01. The second kappa shape index (κ2) is 10.9. The van der Waals surface area contributed by atoms with E-state index in [2.05, 4.69) is 15.1 Å². The van der Waals surface area contributed by atoms with Crippen LogP contribution >= 0.6 is 0 Å². The van der Waals surface area contributed by atoms with E-state index in [9.17, 15) is 26.7 Å². The average Bonchev–Trinajstić information content (AvgIpc) is 3.32. The predicted octanol–water partition coefficient (Wildman–Crippen LogP) is 5.24. The zero-order chi connectivity index (χ0) is 28.6. The number of nitrogen functional groups attached to an aromatic ring is 1. The van der Waals surface area contributed by atoms with E-state index < -0.39 is 53.2 Å². The molecule has 2 aromatic heterocycles. The highest BCUT2D eigenvalue weighted by Gasteiger charge is 2.24. The van der Waals surface area contributed by atoms with Gasteiger partial charge in [-0.1, -0.05) is 6.08 Å². The summed E-state index contributed by atoms with van der Waals surface area (Å²) in [5.74, 6) is -10.4. The number of aromatic nitrogens is 4. The summed E-state index contributed by atoms with van der Waals surface area (Å²) >= 11 is 0. The average molecular weight is 562 g/mol. The number of hydrogen-bond donors (Lipinski definition) is 1. The van der Waals surface area contributed by atoms with Gasteiger partial charge in [0, 0.05) is 37.0 Å². The first-order valence-corrected chi connectivity index (χ1v) is 12.0. The van der Waals surface area contributed by atoms with Crippen LogP contribution in [0.2, 0.25) is 0 Å². The molecule has 1 unspecified atom stereocenters. The molecule has 3 heterocycles. The summed E-state index contributed by atoms with van der Waals surface area (Å²) in [7, 11) is 0. The van der Waals surface area contributed by atoms with Crippen molar-refractivity contribution in [3.8, 4) is 22.8 Å². The van der Waals surface area contributed by atoms with Crippen molar-refractivity contribution in [1.82, 2.24) is 24.6 Å². The predicted molar refractivity (Wildman–Crippen MR) is 132 cm³/mol. The minimum atomic E-state index is -1.78. The fourth-order valence-corrected chi connectivity index (χ4v) is 4.48. The van der Waals surface area contributed by atoms with Gasteiger partial charge in [-0.15, -0.1) is 0 Å². The van der Waals surface area contributed by atoms with Gasteiger partial charge in [-0.25, -0.2) is 32.2 Å². The molecule has 1 amide bonds. The van der Waals surface area contributed by atoms with E-state index in [-0.39, 0.29) is 40.1 Å². The zero-order valence-electron chi connectivity index (χ0n) is 20.6. The fraction of sp³-hybridized carbons (Fsp3) is 0.231. The molecule has 4 aromatic rings. The van der Waals surface area contributed by atoms with Crippen molar-refractivity contribution < 1.29 is 35.9 Å². The fourth-order valence-electron chi connectivity index (χ4n) is 4.48. The number of anilines is 1. The van der Waals surface area contributed by atoms with E-state index >= 15 is 4.39 Å². The third-order valence-corrected chi connectivity index (χ3v) is 6.43. The molecule has 1 aliphatic rings. The Morgan fingerprint density at radius 1 is 1.07 bits per heavy atom. The number of carbonyl (C=O) groups excluding carboxylic acids is 1. The second-order valence-corrected chi connectivity index (χ2v) is 9.01. The summed E-state index contributed by atoms with van der Waals surface area (Å²) in [6.45, 7) is -0.273. The maximum atomic E-state index is 15.3. The van der Waals surface area contributed by atoms with Crippen molar-refractivity contribution in [1.29, 1.82) is 0 Å². The van der Waals surface area contributed by atoms with Crippen molar-refractivity contribution in [3.63, 3.8) is 0 Å². The maximum absolute atomic E-state index is 15.3. The minimum absolute atomic E-state index is 0.00358. The molecule has 0 aliphatic carbocycles. The Bertz CT molecular complexity index is 1620. The van der Waals surface area contributed by atoms with Gasteiger partial charge < -0.3 is 15.4 Å². The number of benzene rings is 2. The first kappa shape index (κ1) is 27.0. The highest BCUT2D eigenvalue weighted by atomic mass is 19.2. The third kappa shape index (κ3) is 5.03. The summed E-state index contributed by atoms with van der Waals surface area (Å²) in [5.41, 5.74) is 6.22. The number of rotatable bonds is 6. The topological polar surface area (TPSA) is 99.2 Å². The highest BCUT2D eigenvalue weighted by molar-refractivity contribution is 5.99. The van der Waals surface area contributed by atoms with Gasteiger partial charge in [-0.3, -0.25) is 4.79 Å². The number of carbonyl (C=O) groups is 1. The van der Waals surface area contributed by atoms with E-state index in [4.69, 9.17) is 10.5 Å². The Hall–Kier alpha value is -4.62. The molecule has 14 heteroatoms. The Balaban J connectivity index is 1.48. The van der Waals surface area contributed by atoms with Gasteiger partial charge in [-0.2, -0.15) is 13.9 Å². The van der Waals surface area contributed by atoms with Crippen LogP contribution in [0.4, 0.5) is 32.2 Å². The molecular formula is C26H20F6N6O2. The van der Waals surface area contributed by atoms with Gasteiger partial charge in [0.2, 0.25) is 17.4 Å². The molecule has 8 nitrogen and oxygen atoms in total. The summed E-state index contributed by atoms with van der Waals surface area (Å²) < 4.78 is 89.4. The number of fused-ring (bicyclic) bond motifs is 1. The van der Waals surface area contributed by atoms with Crippen molar-refractivity contribution in [2.75, 3.05) is 25.5 Å². The Morgan fingerprint density at radius 3 is 2.52 bits per heavy atom. The SMILES string of the molecule is Nc1ncnc2c1c(-c1ccc(Oc3c(F)c(F)cc(F)c3F)cc1F)nn2/C=C/C1CCCN(C(=O)CF)C1. The molecule has 2 N–H and O–H groups in total. The number of piperidine rings is 1. The zero-order valence-corrected chi connectivity index (χ0v) is 20.6. The lowest BCUT2D eigenvalue weighted by molar-refractivity contribution is -0.133. The number of halogens is 6. The molecule has 5 rings (SSSR count). The number of hydrogen-bond acceptors (Lipinski definition) is 6. The third-order valence-electron chi connectivity index (χ3n) is 6.43. The molecule has 1 saturated heterocycles. The summed E-state index contributed by atoms with van der Waals surface area (Å²) in [4.78, 5) is 21.3. The lowest BCUT2D eigenvalue weighted by Crippen LogP contribution is -2.40. The Morgan fingerprint density at radius 2 is 1.82 bits per heavy atom. The van der Waals surface area contributed by atoms with Crippen LogP contribution in [-0.2, 0) is 4.79 Å². The molecule has 0 spiro atoms. The first-order valence-electron chi connectivity index (χ1n) is 12.0. The molecule has 0 radical (unpaired) electrons. The molecule has 208 valence electrons. The van der Waals surface area contributed by atoms with Crippen molar-refractivity contribution in [3.05, 3.63) is 65.8 Å². The molecule has 0 saturated carbocycles. The Kier molecular flexibility index (Phi) is 7.32. The van der Waals surface area contributed by atoms with E-state index in [0.717, 1.165) is 18.6 Å². The standard InChI is InChI=1S/C26H20F6N6O2/c27-10-19(39)37-6-1-2-13(11-37)5-7-38-26-20(25(33)34-12-35-26)23(36-38)15-4-3-14(8-16(15)28)40-24-21(31)17(29)9-18(30)22(24)32/h3-5,7-9,12-13H,1-2,6,10-11H2,(H2,33,34,35)/b7-5+. The Labute approximate surface area is 222 Å². The molecule has 1 aliphatic heterocycles. The lowest BCUT2D eigenvalue weighted by Gasteiger charge is -2.30. The van der Waals surface area contributed by atoms with Crippen LogP contribution < -0.4 is 10.5 Å². The van der Waals surface area contributed by atoms with Crippen LogP contribution in [-0.4, -0.2) is 50.3 Å². The van der Waals surface area contributed by atoms with Crippen LogP contribution in [0.1, 0.15) is 12.8 Å². The smallest absolute Gasteiger partial charge is 0.253 e. The van der Waals surface area contributed by atoms with Gasteiger partial charge in [-0.05, 0) is 30.9 Å². The number of likely N-dealkylation sites (tertiary alicyclic amines) is 1. The van der Waals surface area contributed by atoms with E-state index in [1.54, 1.807) is 12.3 Å². The molecule has 40 heavy (non-hydrogen) atoms. The lowest BCUT2D eigenvalue weighted by atomic mass is 9.98. The van der Waals surface area contributed by atoms with Gasteiger partial charge in [0.15, 0.2) is 24.0 Å². The quantitative estimate of drug-likeness (QED) is 0.255. The van der Waals surface area contributed by atoms with Crippen LogP contribution in [0.5, 0.6) is 11.5 Å². The van der Waals surface area contributed by atoms with Crippen LogP contribution in [0.3, 0.4) is 0 Å². The minimum Gasteiger partial charge on any atom is -0.451 e.